The van der Waals surface area contributed by atoms with E-state index in [1.165, 1.54) is 0 Å². The Kier molecular flexibility index (Phi) is 23.8. The van der Waals surface area contributed by atoms with Crippen molar-refractivity contribution in [1.29, 1.82) is 0 Å². The van der Waals surface area contributed by atoms with Crippen LogP contribution in [0.3, 0.4) is 0 Å². The van der Waals surface area contributed by atoms with Crippen LogP contribution in [0.4, 0.5) is 0 Å². The third-order valence-electron chi connectivity index (χ3n) is 14.8. The van der Waals surface area contributed by atoms with E-state index in [9.17, 15) is 102 Å². The van der Waals surface area contributed by atoms with Crippen LogP contribution in [0.5, 0.6) is 0 Å². The quantitative estimate of drug-likeness (QED) is 0.0831. The van der Waals surface area contributed by atoms with Crippen LogP contribution in [-0.4, -0.2) is 381 Å². The first-order valence-corrected chi connectivity index (χ1v) is 26.7. The number of rotatable bonds is 7. The molecular formula is C42H71NO38S-2. The zero-order valence-corrected chi connectivity index (χ0v) is 43.3. The highest BCUT2D eigenvalue weighted by Gasteiger charge is 2.59. The van der Waals surface area contributed by atoms with Crippen molar-refractivity contribution in [2.45, 2.75) is 215 Å². The van der Waals surface area contributed by atoms with E-state index in [2.05, 4.69) is 0 Å². The molecule has 21 aliphatic rings. The number of aliphatic hydroxyl groups is 20. The summed E-state index contributed by atoms with van der Waals surface area (Å²) in [5, 5.41) is 220. The molecule has 0 aromatic rings. The van der Waals surface area contributed by atoms with Gasteiger partial charge < -0.3 is 183 Å². The summed E-state index contributed by atoms with van der Waals surface area (Å²) < 4.78 is 114. The third-order valence-corrected chi connectivity index (χ3v) is 14.8. The largest absolute Gasteiger partial charge is 0.759 e. The summed E-state index contributed by atoms with van der Waals surface area (Å²) in [4.78, 5) is 0. The Balaban J connectivity index is 0.00000185. The molecule has 21 heterocycles. The SMILES string of the molecule is NC[C@H]1O[C@@H]2O[C@H]3[C@H](O)[C@@H](O)[C@@H](O[C@H]4[C@H](O)[C@@H](O)[C@@H](O[C@H]5[C@H](O)[C@@H](O)[C@@H](O[C@H]6[C@@H](O)[C@H](O)[C@@H](O[C@H]7[C@@H](O)[C@H](O)[C@@H](O[C@H]8[C@H](O)[C@@H](O)[C@@H](O[C@H]1[C@H](O)[C@H]2O)O[C@@H]8CO)O[C@@H]7CO)O[C@@H]6CO)O[C@@H]5CO)O[C@@H]4CO)O[C@@H]3CO.O=S(=O)([O-])[O-]. The van der Waals surface area contributed by atoms with Crippen LogP contribution in [0.2, 0.25) is 0 Å². The summed E-state index contributed by atoms with van der Waals surface area (Å²) in [6, 6.07) is 0. The van der Waals surface area contributed by atoms with Gasteiger partial charge in [0.05, 0.1) is 39.6 Å². The van der Waals surface area contributed by atoms with Gasteiger partial charge in [0.25, 0.3) is 0 Å². The third kappa shape index (κ3) is 14.5. The fourth-order valence-corrected chi connectivity index (χ4v) is 10.5. The molecular weight excluding hydrogens is 1160 g/mol. The highest BCUT2D eigenvalue weighted by Crippen LogP contribution is 2.39. The van der Waals surface area contributed by atoms with E-state index in [1.807, 2.05) is 0 Å². The molecule has 480 valence electrons. The second-order valence-corrected chi connectivity index (χ2v) is 20.9. The molecule has 40 heteroatoms. The van der Waals surface area contributed by atoms with E-state index >= 15 is 0 Å². The van der Waals surface area contributed by atoms with Crippen LogP contribution < -0.4 is 5.73 Å². The standard InChI is InChI=1S/C42H71NO34.H2O4S/c43-1-8-29-15(50)22(57)36(64-8)72-30-9(2-44)66-38(24(59)17(30)52)74-32-11(4-46)68-40(26(61)19(32)54)76-34-13(6-48)70-42(28(63)21(34)56)77-35-14(7-49)69-41(27(62)20(35)55)75-33-12(5-47)67-39(25(60)18(33)53)73-31-10(3-45)65-37(71-29)23(58)16(31)51;1-5(2,3)4/h8-42,44-63H,1-7,43H2;(H2,1,2,3,4)/p-2/t8-,9-,10-,11-,12-,13-,14-,15-,16-,17-,18+,19-,20+,21-,22-,23-,24-,25+,26-,27+,28-,29-,30-,31-,32-,33-,34-,35-,36-,37-,38-,39-,40-,41-,42-;/m1./s1. The smallest absolute Gasteiger partial charge is 0.187 e. The van der Waals surface area contributed by atoms with Gasteiger partial charge >= 0.3 is 0 Å². The summed E-state index contributed by atoms with van der Waals surface area (Å²) >= 11 is 0. The predicted molar refractivity (Wildman–Crippen MR) is 241 cm³/mol. The van der Waals surface area contributed by atoms with Crippen LogP contribution in [0, 0.1) is 0 Å². The van der Waals surface area contributed by atoms with Crippen molar-refractivity contribution in [3.63, 3.8) is 0 Å². The van der Waals surface area contributed by atoms with E-state index in [4.69, 9.17) is 89.6 Å². The molecule has 39 nitrogen and oxygen atoms in total. The molecule has 22 N–H and O–H groups in total. The van der Waals surface area contributed by atoms with Gasteiger partial charge in [0, 0.05) is 16.9 Å². The predicted octanol–water partition coefficient (Wildman–Crippen LogP) is -16.6. The Hall–Kier alpha value is -1.53. The van der Waals surface area contributed by atoms with Crippen LogP contribution >= 0.6 is 0 Å². The zero-order valence-electron chi connectivity index (χ0n) is 42.4. The number of hydrogen-bond acceptors (Lipinski definition) is 39. The molecule has 0 radical (unpaired) electrons. The Morgan fingerprint density at radius 3 is 0.500 bits per heavy atom. The normalized spacial score (nSPS) is 52.7. The van der Waals surface area contributed by atoms with Crippen LogP contribution in [0.25, 0.3) is 0 Å². The van der Waals surface area contributed by atoms with Gasteiger partial charge in [-0.25, -0.2) is 0 Å². The molecule has 0 aromatic carbocycles. The number of nitrogens with two attached hydrogens (primary N) is 1. The van der Waals surface area contributed by atoms with Crippen LogP contribution in [0.1, 0.15) is 0 Å². The van der Waals surface area contributed by atoms with Gasteiger partial charge in [0.1, 0.15) is 171 Å². The van der Waals surface area contributed by atoms with Crippen molar-refractivity contribution in [3.05, 3.63) is 0 Å². The first-order valence-electron chi connectivity index (χ1n) is 25.4. The van der Waals surface area contributed by atoms with Gasteiger partial charge in [-0.1, -0.05) is 0 Å². The average Bonchev–Trinajstić information content (AvgIpc) is 3.65. The lowest BCUT2D eigenvalue weighted by atomic mass is 9.95. The van der Waals surface area contributed by atoms with Crippen molar-refractivity contribution < 1.29 is 186 Å². The molecule has 21 saturated heterocycles. The second-order valence-electron chi connectivity index (χ2n) is 20.1. The van der Waals surface area contributed by atoms with Crippen molar-refractivity contribution in [3.8, 4) is 0 Å². The molecule has 14 bridgehead atoms. The zero-order chi connectivity index (χ0) is 60.6. The molecule has 0 spiro atoms. The first kappa shape index (κ1) is 68.0. The average molecular weight is 1230 g/mol. The van der Waals surface area contributed by atoms with Gasteiger partial charge in [-0.05, 0) is 0 Å². The maximum Gasteiger partial charge on any atom is 0.187 e. The lowest BCUT2D eigenvalue weighted by molar-refractivity contribution is -0.396. The highest BCUT2D eigenvalue weighted by atomic mass is 32.3. The minimum atomic E-state index is -5.17. The van der Waals surface area contributed by atoms with Crippen molar-refractivity contribution >= 4 is 10.4 Å². The summed E-state index contributed by atoms with van der Waals surface area (Å²) in [6.07, 6.45) is -69.2. The molecule has 0 unspecified atom stereocenters. The van der Waals surface area contributed by atoms with Gasteiger partial charge in [0.15, 0.2) is 44.0 Å². The first-order chi connectivity index (χ1) is 38.7. The molecule has 82 heavy (non-hydrogen) atoms. The minimum absolute atomic E-state index is 0.547. The summed E-state index contributed by atoms with van der Waals surface area (Å²) in [7, 11) is -5.17. The number of hydrogen-bond donors (Lipinski definition) is 21. The molecule has 0 saturated carbocycles. The molecule has 0 aromatic heterocycles. The Bertz CT molecular complexity index is 1710. The molecule has 21 aliphatic heterocycles. The van der Waals surface area contributed by atoms with E-state index in [1.54, 1.807) is 0 Å². The van der Waals surface area contributed by atoms with Crippen molar-refractivity contribution in [2.75, 3.05) is 46.2 Å². The molecule has 35 atom stereocenters. The lowest BCUT2D eigenvalue weighted by Crippen LogP contribution is -2.68. The number of ether oxygens (including phenoxy) is 14. The van der Waals surface area contributed by atoms with Crippen molar-refractivity contribution in [2.24, 2.45) is 5.73 Å². The van der Waals surface area contributed by atoms with Gasteiger partial charge in [-0.2, -0.15) is 0 Å². The van der Waals surface area contributed by atoms with Gasteiger partial charge in [-0.15, -0.1) is 0 Å². The van der Waals surface area contributed by atoms with Gasteiger partial charge in [-0.3, -0.25) is 8.42 Å². The minimum Gasteiger partial charge on any atom is -0.759 e. The number of aliphatic hydroxyl groups excluding tert-OH is 20. The molecule has 21 rings (SSSR count). The van der Waals surface area contributed by atoms with E-state index < -0.39 is 272 Å². The van der Waals surface area contributed by atoms with E-state index in [-0.39, 0.29) is 0 Å². The highest BCUT2D eigenvalue weighted by molar-refractivity contribution is 7.79. The molecule has 21 fully saturated rings. The van der Waals surface area contributed by atoms with Crippen LogP contribution in [0.15, 0.2) is 0 Å². The fourth-order valence-electron chi connectivity index (χ4n) is 10.5. The summed E-state index contributed by atoms with van der Waals surface area (Å²) in [5.41, 5.74) is 5.94. The topological polar surface area (TPSA) is 640 Å². The van der Waals surface area contributed by atoms with Gasteiger partial charge in [0.2, 0.25) is 0 Å². The monoisotopic (exact) mass is 1230 g/mol. The molecule has 0 amide bonds. The molecule has 0 aliphatic carbocycles. The Labute approximate surface area is 462 Å². The second kappa shape index (κ2) is 28.7. The Morgan fingerprint density at radius 2 is 0.378 bits per heavy atom. The van der Waals surface area contributed by atoms with E-state index in [0.29, 0.717) is 0 Å². The van der Waals surface area contributed by atoms with E-state index in [0.717, 1.165) is 0 Å². The maximum absolute atomic E-state index is 11.4. The van der Waals surface area contributed by atoms with Crippen molar-refractivity contribution in [1.82, 2.24) is 0 Å². The Morgan fingerprint density at radius 1 is 0.256 bits per heavy atom. The van der Waals surface area contributed by atoms with Crippen LogP contribution in [-0.2, 0) is 76.7 Å². The fraction of sp³-hybridized carbons (Fsp3) is 1.00. The summed E-state index contributed by atoms with van der Waals surface area (Å²) in [6.45, 7) is -6.75. The summed E-state index contributed by atoms with van der Waals surface area (Å²) in [5.74, 6) is 0. The maximum atomic E-state index is 11.4. The lowest BCUT2D eigenvalue weighted by Gasteiger charge is -2.50.